The van der Waals surface area contributed by atoms with Crippen molar-refractivity contribution in [1.29, 1.82) is 0 Å². The molecule has 3 heterocycles. The molecule has 0 aliphatic carbocycles. The molecule has 1 unspecified atom stereocenters. The molecule has 1 atom stereocenters. The largest absolute Gasteiger partial charge is 0.357 e. The van der Waals surface area contributed by atoms with Crippen molar-refractivity contribution in [2.75, 3.05) is 32.7 Å². The zero-order valence-electron chi connectivity index (χ0n) is 17.3. The van der Waals surface area contributed by atoms with Crippen LogP contribution in [0.15, 0.2) is 29.3 Å². The summed E-state index contributed by atoms with van der Waals surface area (Å²) in [6.07, 6.45) is 2.86. The molecule has 158 valence electrons. The Hall–Kier alpha value is -1.84. The first-order valence-electron chi connectivity index (χ1n) is 10.3. The van der Waals surface area contributed by atoms with E-state index in [4.69, 9.17) is 4.99 Å². The maximum absolute atomic E-state index is 11.8. The van der Waals surface area contributed by atoms with Crippen molar-refractivity contribution < 1.29 is 4.79 Å². The third-order valence-electron chi connectivity index (χ3n) is 5.92. The monoisotopic (exact) mass is 510 g/mol. The summed E-state index contributed by atoms with van der Waals surface area (Å²) in [5.41, 5.74) is 2.27. The van der Waals surface area contributed by atoms with E-state index in [9.17, 15) is 4.79 Å². The van der Waals surface area contributed by atoms with Gasteiger partial charge in [0.15, 0.2) is 5.96 Å². The third-order valence-corrected chi connectivity index (χ3v) is 5.92. The molecule has 2 aliphatic rings. The lowest BCUT2D eigenvalue weighted by Crippen LogP contribution is -2.51. The van der Waals surface area contributed by atoms with Crippen LogP contribution in [0.25, 0.3) is 11.0 Å². The smallest absolute Gasteiger partial charge is 0.220 e. The Balaban J connectivity index is 0.00000240. The lowest BCUT2D eigenvalue weighted by atomic mass is 9.79. The number of halogens is 1. The number of piperidine rings is 1. The number of aryl methyl sites for hydroxylation is 1. The Morgan fingerprint density at radius 1 is 1.38 bits per heavy atom. The van der Waals surface area contributed by atoms with Gasteiger partial charge in [0.1, 0.15) is 5.82 Å². The van der Waals surface area contributed by atoms with Crippen LogP contribution < -0.4 is 10.6 Å². The van der Waals surface area contributed by atoms with E-state index in [0.29, 0.717) is 13.0 Å². The zero-order chi connectivity index (χ0) is 19.6. The number of nitrogens with one attached hydrogen (secondary N) is 2. The molecule has 1 amide bonds. The van der Waals surface area contributed by atoms with Gasteiger partial charge in [0.2, 0.25) is 5.91 Å². The van der Waals surface area contributed by atoms with E-state index in [1.165, 1.54) is 0 Å². The van der Waals surface area contributed by atoms with Crippen LogP contribution in [0.1, 0.15) is 32.0 Å². The van der Waals surface area contributed by atoms with E-state index >= 15 is 0 Å². The SMILES string of the molecule is CCNC(=NCCn1c(C)nc2ccccc21)N1CCCC2(CNC(=O)C2)C1.I. The first-order chi connectivity index (χ1) is 13.6. The molecule has 2 fully saturated rings. The van der Waals surface area contributed by atoms with Gasteiger partial charge in [0.25, 0.3) is 0 Å². The zero-order valence-corrected chi connectivity index (χ0v) is 19.6. The fraction of sp³-hybridized carbons (Fsp3) is 0.571. The van der Waals surface area contributed by atoms with Gasteiger partial charge in [0, 0.05) is 44.6 Å². The number of guanidine groups is 1. The first-order valence-corrected chi connectivity index (χ1v) is 10.3. The van der Waals surface area contributed by atoms with Crippen LogP contribution in [-0.4, -0.2) is 59.0 Å². The van der Waals surface area contributed by atoms with Crippen molar-refractivity contribution in [3.05, 3.63) is 30.1 Å². The highest BCUT2D eigenvalue weighted by Crippen LogP contribution is 2.36. The van der Waals surface area contributed by atoms with Crippen LogP contribution in [0.2, 0.25) is 0 Å². The fourth-order valence-electron chi connectivity index (χ4n) is 4.59. The summed E-state index contributed by atoms with van der Waals surface area (Å²) in [4.78, 5) is 23.7. The van der Waals surface area contributed by atoms with Crippen LogP contribution in [0.4, 0.5) is 0 Å². The van der Waals surface area contributed by atoms with Gasteiger partial charge in [-0.05, 0) is 38.8 Å². The van der Waals surface area contributed by atoms with Crippen molar-refractivity contribution in [3.63, 3.8) is 0 Å². The van der Waals surface area contributed by atoms with Crippen molar-refractivity contribution in [2.24, 2.45) is 10.4 Å². The molecule has 29 heavy (non-hydrogen) atoms. The second kappa shape index (κ2) is 9.32. The Morgan fingerprint density at radius 2 is 2.21 bits per heavy atom. The van der Waals surface area contributed by atoms with Gasteiger partial charge in [0.05, 0.1) is 17.6 Å². The quantitative estimate of drug-likeness (QED) is 0.377. The van der Waals surface area contributed by atoms with E-state index in [-0.39, 0.29) is 35.3 Å². The van der Waals surface area contributed by atoms with Gasteiger partial charge in [-0.3, -0.25) is 9.79 Å². The number of hydrogen-bond acceptors (Lipinski definition) is 3. The molecular formula is C21H31IN6O. The number of carbonyl (C=O) groups is 1. The summed E-state index contributed by atoms with van der Waals surface area (Å²) in [6.45, 7) is 9.18. The van der Waals surface area contributed by atoms with Gasteiger partial charge < -0.3 is 20.1 Å². The number of amides is 1. The van der Waals surface area contributed by atoms with Gasteiger partial charge in [-0.25, -0.2) is 4.98 Å². The molecule has 7 nitrogen and oxygen atoms in total. The Morgan fingerprint density at radius 3 is 2.97 bits per heavy atom. The minimum absolute atomic E-state index is 0. The Labute approximate surface area is 189 Å². The van der Waals surface area contributed by atoms with Crippen LogP contribution in [0, 0.1) is 12.3 Å². The lowest BCUT2D eigenvalue weighted by Gasteiger charge is -2.40. The fourth-order valence-corrected chi connectivity index (χ4v) is 4.59. The molecular weight excluding hydrogens is 479 g/mol. The standard InChI is InChI=1S/C21H30N6O.HI/c1-3-22-20(26-11-6-9-21(15-26)13-19(28)24-14-21)23-10-12-27-16(2)25-17-7-4-5-8-18(17)27;/h4-5,7-8H,3,6,9-15H2,1-2H3,(H,22,23)(H,24,28);1H. The molecule has 2 aromatic rings. The number of rotatable bonds is 4. The summed E-state index contributed by atoms with van der Waals surface area (Å²) >= 11 is 0. The number of hydrogen-bond donors (Lipinski definition) is 2. The average molecular weight is 510 g/mol. The van der Waals surface area contributed by atoms with Crippen molar-refractivity contribution in [1.82, 2.24) is 25.1 Å². The molecule has 2 aliphatic heterocycles. The molecule has 2 N–H and O–H groups in total. The van der Waals surface area contributed by atoms with Crippen molar-refractivity contribution >= 4 is 46.9 Å². The molecule has 2 saturated heterocycles. The number of para-hydroxylation sites is 2. The predicted octanol–water partition coefficient (Wildman–Crippen LogP) is 2.53. The second-order valence-electron chi connectivity index (χ2n) is 8.01. The summed E-state index contributed by atoms with van der Waals surface area (Å²) in [6, 6.07) is 8.24. The van der Waals surface area contributed by atoms with Gasteiger partial charge in [-0.1, -0.05) is 12.1 Å². The van der Waals surface area contributed by atoms with Crippen LogP contribution in [0.5, 0.6) is 0 Å². The van der Waals surface area contributed by atoms with Crippen molar-refractivity contribution in [3.8, 4) is 0 Å². The molecule has 1 aromatic heterocycles. The van der Waals surface area contributed by atoms with Crippen LogP contribution in [0.3, 0.4) is 0 Å². The molecule has 0 saturated carbocycles. The minimum Gasteiger partial charge on any atom is -0.357 e. The topological polar surface area (TPSA) is 74.6 Å². The van der Waals surface area contributed by atoms with E-state index in [0.717, 1.165) is 68.4 Å². The highest BCUT2D eigenvalue weighted by Gasteiger charge is 2.42. The first kappa shape index (κ1) is 21.9. The number of nitrogens with zero attached hydrogens (tertiary/aromatic N) is 4. The molecule has 0 radical (unpaired) electrons. The number of aliphatic imine (C=N–C) groups is 1. The maximum atomic E-state index is 11.8. The minimum atomic E-state index is 0. The summed E-state index contributed by atoms with van der Waals surface area (Å²) < 4.78 is 2.24. The lowest BCUT2D eigenvalue weighted by molar-refractivity contribution is -0.119. The maximum Gasteiger partial charge on any atom is 0.220 e. The number of aromatic nitrogens is 2. The van der Waals surface area contributed by atoms with E-state index in [2.05, 4.69) is 50.2 Å². The van der Waals surface area contributed by atoms with Crippen molar-refractivity contribution in [2.45, 2.75) is 39.7 Å². The third kappa shape index (κ3) is 4.67. The summed E-state index contributed by atoms with van der Waals surface area (Å²) in [7, 11) is 0. The number of benzene rings is 1. The number of fused-ring (bicyclic) bond motifs is 1. The van der Waals surface area contributed by atoms with Gasteiger partial charge in [-0.2, -0.15) is 0 Å². The highest BCUT2D eigenvalue weighted by atomic mass is 127. The normalized spacial score (nSPS) is 22.1. The molecule has 0 bridgehead atoms. The van der Waals surface area contributed by atoms with E-state index < -0.39 is 0 Å². The van der Waals surface area contributed by atoms with E-state index in [1.54, 1.807) is 0 Å². The number of likely N-dealkylation sites (tertiary alicyclic amines) is 1. The number of imidazole rings is 1. The van der Waals surface area contributed by atoms with Gasteiger partial charge >= 0.3 is 0 Å². The highest BCUT2D eigenvalue weighted by molar-refractivity contribution is 14.0. The summed E-state index contributed by atoms with van der Waals surface area (Å²) in [5.74, 6) is 2.17. The molecule has 8 heteroatoms. The average Bonchev–Trinajstić information content (AvgIpc) is 3.20. The second-order valence-corrected chi connectivity index (χ2v) is 8.01. The van der Waals surface area contributed by atoms with Crippen LogP contribution in [-0.2, 0) is 11.3 Å². The predicted molar refractivity (Wildman–Crippen MR) is 127 cm³/mol. The molecule has 1 aromatic carbocycles. The summed E-state index contributed by atoms with van der Waals surface area (Å²) in [5, 5.41) is 6.47. The molecule has 4 rings (SSSR count). The van der Waals surface area contributed by atoms with Crippen LogP contribution >= 0.6 is 24.0 Å². The van der Waals surface area contributed by atoms with E-state index in [1.807, 2.05) is 13.0 Å². The molecule has 1 spiro atoms. The Bertz CT molecular complexity index is 894. The van der Waals surface area contributed by atoms with Gasteiger partial charge in [-0.15, -0.1) is 24.0 Å². The Kier molecular flexibility index (Phi) is 7.02. The number of carbonyl (C=O) groups excluding carboxylic acids is 1.